The zero-order valence-electron chi connectivity index (χ0n) is 7.84. The fraction of sp³-hybridized carbons (Fsp3) is 0.778. The number of hydrogen-bond donors (Lipinski definition) is 2. The second-order valence-corrected chi connectivity index (χ2v) is 2.99. The highest BCUT2D eigenvalue weighted by atomic mass is 16.5. The first kappa shape index (κ1) is 11.4. The van der Waals surface area contributed by atoms with Gasteiger partial charge in [-0.15, -0.1) is 12.3 Å². The van der Waals surface area contributed by atoms with E-state index in [2.05, 4.69) is 11.3 Å². The van der Waals surface area contributed by atoms with Gasteiger partial charge in [-0.05, 0) is 20.3 Å². The largest absolute Gasteiger partial charge is 0.377 e. The normalized spacial score (nSPS) is 12.9. The van der Waals surface area contributed by atoms with Crippen molar-refractivity contribution in [2.75, 3.05) is 6.61 Å². The van der Waals surface area contributed by atoms with E-state index in [0.717, 1.165) is 12.8 Å². The Morgan fingerprint density at radius 1 is 1.58 bits per heavy atom. The van der Waals surface area contributed by atoms with Crippen LogP contribution in [0, 0.1) is 12.3 Å². The first-order chi connectivity index (χ1) is 5.70. The number of hydrogen-bond acceptors (Lipinski definition) is 3. The summed E-state index contributed by atoms with van der Waals surface area (Å²) in [5.41, 5.74) is 2.67. The molecule has 0 aromatic rings. The van der Waals surface area contributed by atoms with Crippen LogP contribution in [0.4, 0.5) is 0 Å². The van der Waals surface area contributed by atoms with E-state index >= 15 is 0 Å². The quantitative estimate of drug-likeness (QED) is 0.350. The van der Waals surface area contributed by atoms with Gasteiger partial charge in [0.2, 0.25) is 0 Å². The molecule has 3 nitrogen and oxygen atoms in total. The Morgan fingerprint density at radius 3 is 2.67 bits per heavy atom. The Bertz CT molecular complexity index is 140. The van der Waals surface area contributed by atoms with Crippen LogP contribution < -0.4 is 11.3 Å². The number of nitrogens with one attached hydrogen (secondary N) is 1. The lowest BCUT2D eigenvalue weighted by atomic mass is 10.2. The molecule has 70 valence electrons. The van der Waals surface area contributed by atoms with Crippen molar-refractivity contribution < 1.29 is 4.74 Å². The van der Waals surface area contributed by atoms with Gasteiger partial charge in [0.25, 0.3) is 0 Å². The lowest BCUT2D eigenvalue weighted by Gasteiger charge is -2.16. The molecular formula is C9H18N2O. The molecule has 0 aromatic carbocycles. The average molecular weight is 170 g/mol. The van der Waals surface area contributed by atoms with Gasteiger partial charge >= 0.3 is 0 Å². The van der Waals surface area contributed by atoms with Crippen molar-refractivity contribution in [1.82, 2.24) is 5.43 Å². The maximum atomic E-state index is 5.38. The first-order valence-corrected chi connectivity index (χ1v) is 4.22. The van der Waals surface area contributed by atoms with Crippen LogP contribution in [-0.4, -0.2) is 18.8 Å². The van der Waals surface area contributed by atoms with Gasteiger partial charge < -0.3 is 4.74 Å². The monoisotopic (exact) mass is 170 g/mol. The Kier molecular flexibility index (Phi) is 6.78. The maximum absolute atomic E-state index is 5.38. The summed E-state index contributed by atoms with van der Waals surface area (Å²) >= 11 is 0. The molecule has 0 heterocycles. The van der Waals surface area contributed by atoms with Gasteiger partial charge in [-0.2, -0.15) is 0 Å². The molecule has 0 aromatic heterocycles. The molecule has 0 aliphatic carbocycles. The molecule has 0 rings (SSSR count). The number of rotatable bonds is 6. The molecule has 0 aliphatic heterocycles. The predicted octanol–water partition coefficient (Wildman–Crippen LogP) is 0.657. The minimum Gasteiger partial charge on any atom is -0.377 e. The fourth-order valence-corrected chi connectivity index (χ4v) is 0.781. The third-order valence-corrected chi connectivity index (χ3v) is 1.50. The van der Waals surface area contributed by atoms with Crippen molar-refractivity contribution in [3.05, 3.63) is 0 Å². The van der Waals surface area contributed by atoms with Crippen LogP contribution in [0.15, 0.2) is 0 Å². The van der Waals surface area contributed by atoms with Gasteiger partial charge in [-0.25, -0.2) is 0 Å². The summed E-state index contributed by atoms with van der Waals surface area (Å²) < 4.78 is 5.38. The molecule has 0 saturated heterocycles. The lowest BCUT2D eigenvalue weighted by molar-refractivity contribution is 0.0599. The SMILES string of the molecule is C#CCCC(COC(C)C)NN. The topological polar surface area (TPSA) is 47.3 Å². The molecule has 3 N–H and O–H groups in total. The van der Waals surface area contributed by atoms with Gasteiger partial charge in [0, 0.05) is 12.5 Å². The third-order valence-electron chi connectivity index (χ3n) is 1.50. The van der Waals surface area contributed by atoms with Crippen molar-refractivity contribution in [2.45, 2.75) is 38.8 Å². The molecular weight excluding hydrogens is 152 g/mol. The van der Waals surface area contributed by atoms with Gasteiger partial charge in [0.05, 0.1) is 12.7 Å². The van der Waals surface area contributed by atoms with Crippen LogP contribution >= 0.6 is 0 Å². The summed E-state index contributed by atoms with van der Waals surface area (Å²) in [6.07, 6.45) is 6.96. The second-order valence-electron chi connectivity index (χ2n) is 2.99. The van der Waals surface area contributed by atoms with E-state index in [1.54, 1.807) is 0 Å². The predicted molar refractivity (Wildman–Crippen MR) is 50.3 cm³/mol. The Balaban J connectivity index is 3.47. The smallest absolute Gasteiger partial charge is 0.0636 e. The van der Waals surface area contributed by atoms with E-state index in [-0.39, 0.29) is 12.1 Å². The molecule has 1 atom stereocenters. The van der Waals surface area contributed by atoms with Crippen LogP contribution in [0.2, 0.25) is 0 Å². The minimum absolute atomic E-state index is 0.170. The standard InChI is InChI=1S/C9H18N2O/c1-4-5-6-9(11-10)7-12-8(2)3/h1,8-9,11H,5-7,10H2,2-3H3. The van der Waals surface area contributed by atoms with Crippen LogP contribution in [-0.2, 0) is 4.74 Å². The van der Waals surface area contributed by atoms with Crippen LogP contribution in [0.25, 0.3) is 0 Å². The zero-order chi connectivity index (χ0) is 9.40. The van der Waals surface area contributed by atoms with Gasteiger partial charge in [0.15, 0.2) is 0 Å². The van der Waals surface area contributed by atoms with E-state index in [9.17, 15) is 0 Å². The molecule has 12 heavy (non-hydrogen) atoms. The third kappa shape index (κ3) is 6.17. The average Bonchev–Trinajstić information content (AvgIpc) is 2.05. The summed E-state index contributed by atoms with van der Waals surface area (Å²) in [6.45, 7) is 4.61. The maximum Gasteiger partial charge on any atom is 0.0636 e. The summed E-state index contributed by atoms with van der Waals surface area (Å²) in [5.74, 6) is 7.87. The molecule has 0 amide bonds. The summed E-state index contributed by atoms with van der Waals surface area (Å²) in [4.78, 5) is 0. The Labute approximate surface area is 74.6 Å². The van der Waals surface area contributed by atoms with Crippen LogP contribution in [0.1, 0.15) is 26.7 Å². The molecule has 0 spiro atoms. The minimum atomic E-state index is 0.170. The Hall–Kier alpha value is -0.560. The van der Waals surface area contributed by atoms with Crippen molar-refractivity contribution in [1.29, 1.82) is 0 Å². The number of nitrogens with two attached hydrogens (primary N) is 1. The first-order valence-electron chi connectivity index (χ1n) is 4.22. The highest BCUT2D eigenvalue weighted by Gasteiger charge is 2.06. The summed E-state index contributed by atoms with van der Waals surface area (Å²) in [6, 6.07) is 0.170. The van der Waals surface area contributed by atoms with Crippen molar-refractivity contribution in [3.8, 4) is 12.3 Å². The van der Waals surface area contributed by atoms with E-state index in [1.807, 2.05) is 13.8 Å². The molecule has 0 bridgehead atoms. The molecule has 1 unspecified atom stereocenters. The van der Waals surface area contributed by atoms with Crippen molar-refractivity contribution >= 4 is 0 Å². The number of hydrazine groups is 1. The molecule has 0 aliphatic rings. The van der Waals surface area contributed by atoms with E-state index in [0.29, 0.717) is 6.61 Å². The molecule has 0 radical (unpaired) electrons. The zero-order valence-corrected chi connectivity index (χ0v) is 7.84. The lowest BCUT2D eigenvalue weighted by Crippen LogP contribution is -2.39. The summed E-state index contributed by atoms with van der Waals surface area (Å²) in [5, 5.41) is 0. The molecule has 3 heteroatoms. The molecule has 0 fully saturated rings. The Morgan fingerprint density at radius 2 is 2.25 bits per heavy atom. The summed E-state index contributed by atoms with van der Waals surface area (Å²) in [7, 11) is 0. The van der Waals surface area contributed by atoms with Gasteiger partial charge in [0.1, 0.15) is 0 Å². The molecule has 0 saturated carbocycles. The van der Waals surface area contributed by atoms with Crippen LogP contribution in [0.3, 0.4) is 0 Å². The number of ether oxygens (including phenoxy) is 1. The van der Waals surface area contributed by atoms with Crippen molar-refractivity contribution in [2.24, 2.45) is 5.84 Å². The van der Waals surface area contributed by atoms with Crippen LogP contribution in [0.5, 0.6) is 0 Å². The van der Waals surface area contributed by atoms with Gasteiger partial charge in [-0.1, -0.05) is 0 Å². The highest BCUT2D eigenvalue weighted by molar-refractivity contribution is 4.85. The number of terminal acetylenes is 1. The fourth-order valence-electron chi connectivity index (χ4n) is 0.781. The van der Waals surface area contributed by atoms with Crippen molar-refractivity contribution in [3.63, 3.8) is 0 Å². The van der Waals surface area contributed by atoms with E-state index < -0.39 is 0 Å². The van der Waals surface area contributed by atoms with E-state index in [1.165, 1.54) is 0 Å². The second kappa shape index (κ2) is 7.11. The highest BCUT2D eigenvalue weighted by Crippen LogP contribution is 1.98. The van der Waals surface area contributed by atoms with E-state index in [4.69, 9.17) is 17.0 Å². The van der Waals surface area contributed by atoms with Gasteiger partial charge in [-0.3, -0.25) is 11.3 Å².